The van der Waals surface area contributed by atoms with E-state index in [1.807, 2.05) is 25.1 Å². The van der Waals surface area contributed by atoms with Crippen molar-refractivity contribution in [2.45, 2.75) is 12.8 Å². The van der Waals surface area contributed by atoms with Crippen LogP contribution >= 0.6 is 15.9 Å². The van der Waals surface area contributed by atoms with Gasteiger partial charge in [-0.25, -0.2) is 0 Å². The van der Waals surface area contributed by atoms with E-state index in [4.69, 9.17) is 0 Å². The first-order valence-corrected chi connectivity index (χ1v) is 5.65. The van der Waals surface area contributed by atoms with Gasteiger partial charge in [-0.2, -0.15) is 0 Å². The third-order valence-corrected chi connectivity index (χ3v) is 3.27. The summed E-state index contributed by atoms with van der Waals surface area (Å²) in [6.45, 7) is 1.91. The van der Waals surface area contributed by atoms with E-state index in [9.17, 15) is 4.79 Å². The molecule has 76 valence electrons. The molecular formula is C13H11BrO. The average Bonchev–Trinajstić information content (AvgIpc) is 2.28. The number of carbonyl (C=O) groups excluding carboxylic acids is 1. The number of rotatable bonds is 2. The first-order valence-electron chi connectivity index (χ1n) is 4.86. The third kappa shape index (κ3) is 1.95. The molecule has 15 heavy (non-hydrogen) atoms. The van der Waals surface area contributed by atoms with Crippen LogP contribution in [0.5, 0.6) is 0 Å². The summed E-state index contributed by atoms with van der Waals surface area (Å²) in [6.07, 6.45) is 0.970. The van der Waals surface area contributed by atoms with Gasteiger partial charge in [0.1, 0.15) is 6.29 Å². The van der Waals surface area contributed by atoms with Gasteiger partial charge in [0.15, 0.2) is 0 Å². The number of halogens is 1. The lowest BCUT2D eigenvalue weighted by Gasteiger charge is -2.07. The van der Waals surface area contributed by atoms with Crippen LogP contribution in [0.25, 0.3) is 10.8 Å². The fraction of sp³-hybridized carbons (Fsp3) is 0.154. The van der Waals surface area contributed by atoms with Gasteiger partial charge in [-0.1, -0.05) is 47.1 Å². The largest absolute Gasteiger partial charge is 0.303 e. The summed E-state index contributed by atoms with van der Waals surface area (Å²) in [5.74, 6) is -0.0403. The molecule has 0 bridgehead atoms. The van der Waals surface area contributed by atoms with Crippen molar-refractivity contribution in [2.24, 2.45) is 0 Å². The molecule has 0 aromatic heterocycles. The van der Waals surface area contributed by atoms with Crippen LogP contribution in [0, 0.1) is 0 Å². The fourth-order valence-electron chi connectivity index (χ4n) is 1.61. The molecule has 0 aliphatic carbocycles. The van der Waals surface area contributed by atoms with Gasteiger partial charge in [-0.3, -0.25) is 0 Å². The quantitative estimate of drug-likeness (QED) is 0.751. The van der Waals surface area contributed by atoms with Crippen LogP contribution in [0.1, 0.15) is 18.4 Å². The maximum atomic E-state index is 10.7. The maximum absolute atomic E-state index is 10.7. The minimum absolute atomic E-state index is 0.0403. The predicted molar refractivity (Wildman–Crippen MR) is 66.1 cm³/mol. The number of hydrogen-bond acceptors (Lipinski definition) is 1. The van der Waals surface area contributed by atoms with Crippen LogP contribution in [0.4, 0.5) is 0 Å². The van der Waals surface area contributed by atoms with Crippen molar-refractivity contribution in [2.75, 3.05) is 0 Å². The van der Waals surface area contributed by atoms with Crippen molar-refractivity contribution in [3.8, 4) is 0 Å². The van der Waals surface area contributed by atoms with Crippen molar-refractivity contribution >= 4 is 33.0 Å². The molecule has 2 aromatic rings. The SMILES string of the molecule is CC(C=O)c1ccc2cccc(Br)c2c1. The highest BCUT2D eigenvalue weighted by Crippen LogP contribution is 2.26. The Labute approximate surface area is 97.2 Å². The topological polar surface area (TPSA) is 17.1 Å². The normalized spacial score (nSPS) is 12.7. The van der Waals surface area contributed by atoms with Gasteiger partial charge >= 0.3 is 0 Å². The van der Waals surface area contributed by atoms with Gasteiger partial charge in [-0.15, -0.1) is 0 Å². The van der Waals surface area contributed by atoms with E-state index in [2.05, 4.69) is 34.1 Å². The maximum Gasteiger partial charge on any atom is 0.127 e. The second kappa shape index (κ2) is 4.15. The fourth-order valence-corrected chi connectivity index (χ4v) is 2.11. The number of fused-ring (bicyclic) bond motifs is 1. The van der Waals surface area contributed by atoms with E-state index in [1.54, 1.807) is 0 Å². The molecule has 0 fully saturated rings. The summed E-state index contributed by atoms with van der Waals surface area (Å²) >= 11 is 3.51. The Balaban J connectivity index is 2.64. The van der Waals surface area contributed by atoms with Crippen molar-refractivity contribution in [3.63, 3.8) is 0 Å². The van der Waals surface area contributed by atoms with E-state index < -0.39 is 0 Å². The highest BCUT2D eigenvalue weighted by molar-refractivity contribution is 9.10. The molecule has 0 radical (unpaired) electrons. The van der Waals surface area contributed by atoms with E-state index in [-0.39, 0.29) is 5.92 Å². The average molecular weight is 263 g/mol. The minimum atomic E-state index is -0.0403. The van der Waals surface area contributed by atoms with Crippen molar-refractivity contribution in [1.82, 2.24) is 0 Å². The van der Waals surface area contributed by atoms with E-state index in [1.165, 1.54) is 5.39 Å². The van der Waals surface area contributed by atoms with Crippen LogP contribution in [-0.2, 0) is 4.79 Å². The van der Waals surface area contributed by atoms with Crippen molar-refractivity contribution in [3.05, 3.63) is 46.4 Å². The minimum Gasteiger partial charge on any atom is -0.303 e. The third-order valence-electron chi connectivity index (χ3n) is 2.58. The van der Waals surface area contributed by atoms with Gasteiger partial charge < -0.3 is 4.79 Å². The number of carbonyl (C=O) groups is 1. The van der Waals surface area contributed by atoms with Gasteiger partial charge in [0.2, 0.25) is 0 Å². The highest BCUT2D eigenvalue weighted by Gasteiger charge is 2.05. The molecule has 0 saturated heterocycles. The lowest BCUT2D eigenvalue weighted by molar-refractivity contribution is -0.108. The summed E-state index contributed by atoms with van der Waals surface area (Å²) in [4.78, 5) is 10.7. The van der Waals surface area contributed by atoms with Crippen LogP contribution in [0.15, 0.2) is 40.9 Å². The Morgan fingerprint density at radius 3 is 2.80 bits per heavy atom. The van der Waals surface area contributed by atoms with Gasteiger partial charge in [-0.05, 0) is 28.5 Å². The highest BCUT2D eigenvalue weighted by atomic mass is 79.9. The molecule has 0 aliphatic heterocycles. The molecule has 1 nitrogen and oxygen atoms in total. The molecule has 0 aliphatic rings. The van der Waals surface area contributed by atoms with Crippen molar-refractivity contribution < 1.29 is 4.79 Å². The lowest BCUT2D eigenvalue weighted by atomic mass is 9.99. The molecule has 1 unspecified atom stereocenters. The molecule has 0 amide bonds. The smallest absolute Gasteiger partial charge is 0.127 e. The molecule has 0 saturated carbocycles. The van der Waals surface area contributed by atoms with Gasteiger partial charge in [0.25, 0.3) is 0 Å². The molecule has 0 heterocycles. The Hall–Kier alpha value is -1.15. The first-order chi connectivity index (χ1) is 7.22. The standard InChI is InChI=1S/C13H11BrO/c1-9(8-15)11-6-5-10-3-2-4-13(14)12(10)7-11/h2-9H,1H3. The summed E-state index contributed by atoms with van der Waals surface area (Å²) in [7, 11) is 0. The van der Waals surface area contributed by atoms with Crippen LogP contribution in [-0.4, -0.2) is 6.29 Å². The summed E-state index contributed by atoms with van der Waals surface area (Å²) in [6, 6.07) is 12.2. The predicted octanol–water partition coefficient (Wildman–Crippen LogP) is 3.90. The molecule has 0 N–H and O–H groups in total. The molecule has 1 atom stereocenters. The second-order valence-electron chi connectivity index (χ2n) is 3.65. The molecule has 2 heteroatoms. The number of hydrogen-bond donors (Lipinski definition) is 0. The zero-order valence-corrected chi connectivity index (χ0v) is 9.99. The van der Waals surface area contributed by atoms with Gasteiger partial charge in [0, 0.05) is 10.4 Å². The van der Waals surface area contributed by atoms with Crippen molar-refractivity contribution in [1.29, 1.82) is 0 Å². The monoisotopic (exact) mass is 262 g/mol. The Morgan fingerprint density at radius 2 is 2.07 bits per heavy atom. The van der Waals surface area contributed by atoms with E-state index in [0.717, 1.165) is 21.7 Å². The lowest BCUT2D eigenvalue weighted by Crippen LogP contribution is -1.93. The molecule has 0 spiro atoms. The molecular weight excluding hydrogens is 252 g/mol. The Kier molecular flexibility index (Phi) is 2.87. The van der Waals surface area contributed by atoms with Crippen LogP contribution < -0.4 is 0 Å². The van der Waals surface area contributed by atoms with E-state index >= 15 is 0 Å². The zero-order valence-electron chi connectivity index (χ0n) is 8.41. The van der Waals surface area contributed by atoms with Gasteiger partial charge in [0.05, 0.1) is 0 Å². The summed E-state index contributed by atoms with van der Waals surface area (Å²) < 4.78 is 1.07. The summed E-state index contributed by atoms with van der Waals surface area (Å²) in [5.41, 5.74) is 1.06. The van der Waals surface area contributed by atoms with Crippen LogP contribution in [0.2, 0.25) is 0 Å². The second-order valence-corrected chi connectivity index (χ2v) is 4.50. The number of benzene rings is 2. The Bertz CT molecular complexity index is 505. The van der Waals surface area contributed by atoms with Crippen LogP contribution in [0.3, 0.4) is 0 Å². The van der Waals surface area contributed by atoms with E-state index in [0.29, 0.717) is 0 Å². The number of aldehydes is 1. The Morgan fingerprint density at radius 1 is 1.27 bits per heavy atom. The first kappa shape index (κ1) is 10.4. The zero-order chi connectivity index (χ0) is 10.8. The summed E-state index contributed by atoms with van der Waals surface area (Å²) in [5, 5.41) is 2.34. The molecule has 2 rings (SSSR count). The molecule has 2 aromatic carbocycles.